The van der Waals surface area contributed by atoms with Crippen molar-refractivity contribution >= 4 is 5.91 Å². The Kier molecular flexibility index (Phi) is 4.26. The summed E-state index contributed by atoms with van der Waals surface area (Å²) in [5, 5.41) is 7.16. The lowest BCUT2D eigenvalue weighted by Crippen LogP contribution is -2.35. The smallest absolute Gasteiger partial charge is 0.271 e. The molecule has 1 atom stereocenters. The molecule has 20 heavy (non-hydrogen) atoms. The molecular weight excluding hydrogens is 254 g/mol. The molecule has 1 N–H and O–H groups in total. The van der Waals surface area contributed by atoms with Crippen LogP contribution in [0.3, 0.4) is 0 Å². The Bertz CT molecular complexity index is 548. The van der Waals surface area contributed by atoms with Crippen LogP contribution in [-0.2, 0) is 6.54 Å². The highest BCUT2D eigenvalue weighted by Gasteiger charge is 2.32. The van der Waals surface area contributed by atoms with E-state index in [2.05, 4.69) is 24.3 Å². The van der Waals surface area contributed by atoms with Gasteiger partial charge in [-0.3, -0.25) is 9.59 Å². The van der Waals surface area contributed by atoms with Gasteiger partial charge in [0.2, 0.25) is 0 Å². The van der Waals surface area contributed by atoms with Crippen LogP contribution in [0.25, 0.3) is 0 Å². The largest absolute Gasteiger partial charge is 0.348 e. The van der Waals surface area contributed by atoms with Gasteiger partial charge < -0.3 is 5.32 Å². The number of aryl methyl sites for hydroxylation is 1. The molecule has 1 aromatic rings. The second kappa shape index (κ2) is 5.77. The number of carbonyl (C=O) groups is 1. The maximum atomic E-state index is 12.2. The Hall–Kier alpha value is -1.65. The van der Waals surface area contributed by atoms with Gasteiger partial charge in [0, 0.05) is 18.7 Å². The summed E-state index contributed by atoms with van der Waals surface area (Å²) in [7, 11) is 0. The van der Waals surface area contributed by atoms with Gasteiger partial charge in [0.15, 0.2) is 0 Å². The maximum Gasteiger partial charge on any atom is 0.271 e. The number of aromatic nitrogens is 2. The Morgan fingerprint density at radius 2 is 2.25 bits per heavy atom. The minimum absolute atomic E-state index is 0.162. The third-order valence-corrected chi connectivity index (χ3v) is 3.84. The first-order valence-corrected chi connectivity index (χ1v) is 7.30. The first-order valence-electron chi connectivity index (χ1n) is 7.30. The van der Waals surface area contributed by atoms with Crippen LogP contribution in [0, 0.1) is 5.41 Å². The summed E-state index contributed by atoms with van der Waals surface area (Å²) in [6.07, 6.45) is 3.94. The number of hydrogen-bond acceptors (Lipinski definition) is 3. The average molecular weight is 277 g/mol. The Morgan fingerprint density at radius 1 is 1.50 bits per heavy atom. The monoisotopic (exact) mass is 277 g/mol. The van der Waals surface area contributed by atoms with Crippen molar-refractivity contribution in [3.8, 4) is 0 Å². The first kappa shape index (κ1) is 14.8. The number of amides is 1. The highest BCUT2D eigenvalue weighted by molar-refractivity contribution is 5.92. The van der Waals surface area contributed by atoms with E-state index < -0.39 is 0 Å². The average Bonchev–Trinajstić information content (AvgIpc) is 2.71. The normalized spacial score (nSPS) is 20.9. The van der Waals surface area contributed by atoms with Crippen molar-refractivity contribution in [2.75, 3.05) is 0 Å². The van der Waals surface area contributed by atoms with E-state index in [1.54, 1.807) is 0 Å². The zero-order chi connectivity index (χ0) is 14.8. The zero-order valence-electron chi connectivity index (χ0n) is 12.5. The van der Waals surface area contributed by atoms with E-state index in [1.807, 2.05) is 6.92 Å². The second-order valence-corrected chi connectivity index (χ2v) is 6.36. The van der Waals surface area contributed by atoms with Crippen molar-refractivity contribution in [2.45, 2.75) is 59.0 Å². The van der Waals surface area contributed by atoms with Crippen LogP contribution in [-0.4, -0.2) is 21.7 Å². The van der Waals surface area contributed by atoms with Gasteiger partial charge in [0.05, 0.1) is 0 Å². The van der Waals surface area contributed by atoms with E-state index in [-0.39, 0.29) is 17.5 Å². The summed E-state index contributed by atoms with van der Waals surface area (Å²) in [5.41, 5.74) is 0.458. The van der Waals surface area contributed by atoms with Gasteiger partial charge in [-0.15, -0.1) is 0 Å². The fraction of sp³-hybridized carbons (Fsp3) is 0.667. The molecule has 110 valence electrons. The van der Waals surface area contributed by atoms with Gasteiger partial charge in [0.25, 0.3) is 11.5 Å². The van der Waals surface area contributed by atoms with Gasteiger partial charge >= 0.3 is 0 Å². The Labute approximate surface area is 119 Å². The Morgan fingerprint density at radius 3 is 2.85 bits per heavy atom. The third-order valence-electron chi connectivity index (χ3n) is 3.84. The first-order chi connectivity index (χ1) is 9.41. The molecule has 0 radical (unpaired) electrons. The summed E-state index contributed by atoms with van der Waals surface area (Å²) < 4.78 is 1.35. The quantitative estimate of drug-likeness (QED) is 0.915. The number of nitrogens with one attached hydrogen (secondary N) is 1. The molecule has 1 aromatic heterocycles. The van der Waals surface area contributed by atoms with Crippen LogP contribution in [0.15, 0.2) is 16.9 Å². The number of rotatable bonds is 4. The summed E-state index contributed by atoms with van der Waals surface area (Å²) >= 11 is 0. The van der Waals surface area contributed by atoms with E-state index in [0.717, 1.165) is 25.7 Å². The van der Waals surface area contributed by atoms with Crippen molar-refractivity contribution in [1.82, 2.24) is 15.1 Å². The molecule has 1 heterocycles. The second-order valence-electron chi connectivity index (χ2n) is 6.36. The number of nitrogens with zero attached hydrogens (tertiary/aromatic N) is 2. The van der Waals surface area contributed by atoms with Crippen LogP contribution in [0.2, 0.25) is 0 Å². The van der Waals surface area contributed by atoms with Crippen LogP contribution in [0.1, 0.15) is 56.9 Å². The lowest BCUT2D eigenvalue weighted by molar-refractivity contribution is 0.0928. The Balaban J connectivity index is 2.06. The third kappa shape index (κ3) is 3.46. The number of carbonyl (C=O) groups excluding carboxylic acids is 1. The fourth-order valence-electron chi connectivity index (χ4n) is 2.76. The molecular formula is C15H23N3O2. The van der Waals surface area contributed by atoms with Crippen LogP contribution >= 0.6 is 0 Å². The van der Waals surface area contributed by atoms with Crippen LogP contribution in [0.5, 0.6) is 0 Å². The highest BCUT2D eigenvalue weighted by atomic mass is 16.2. The molecule has 5 nitrogen and oxygen atoms in total. The molecule has 1 saturated carbocycles. The van der Waals surface area contributed by atoms with Gasteiger partial charge in [-0.05, 0) is 37.2 Å². The van der Waals surface area contributed by atoms with Crippen molar-refractivity contribution in [3.63, 3.8) is 0 Å². The van der Waals surface area contributed by atoms with Crippen LogP contribution < -0.4 is 10.9 Å². The van der Waals surface area contributed by atoms with Crippen LogP contribution in [0.4, 0.5) is 0 Å². The molecule has 1 amide bonds. The van der Waals surface area contributed by atoms with Crippen molar-refractivity contribution < 1.29 is 4.79 Å². The SMILES string of the molecule is CCCn1nc(C(=O)NC2CCC(C)(C)C2)ccc1=O. The van der Waals surface area contributed by atoms with E-state index >= 15 is 0 Å². The van der Waals surface area contributed by atoms with E-state index in [4.69, 9.17) is 0 Å². The maximum absolute atomic E-state index is 12.2. The zero-order valence-corrected chi connectivity index (χ0v) is 12.5. The minimum Gasteiger partial charge on any atom is -0.348 e. The minimum atomic E-state index is -0.183. The highest BCUT2D eigenvalue weighted by Crippen LogP contribution is 2.36. The molecule has 0 aliphatic heterocycles. The predicted octanol–water partition coefficient (Wildman–Crippen LogP) is 1.96. The number of hydrogen-bond donors (Lipinski definition) is 1. The van der Waals surface area contributed by atoms with Gasteiger partial charge in [-0.2, -0.15) is 5.10 Å². The van der Waals surface area contributed by atoms with E-state index in [0.29, 0.717) is 17.7 Å². The van der Waals surface area contributed by atoms with Crippen molar-refractivity contribution in [2.24, 2.45) is 5.41 Å². The molecule has 0 aromatic carbocycles. The molecule has 0 bridgehead atoms. The molecule has 5 heteroatoms. The standard InChI is InChI=1S/C15H23N3O2/c1-4-9-18-13(19)6-5-12(17-18)14(20)16-11-7-8-15(2,3)10-11/h5-6,11H,4,7-10H2,1-3H3,(H,16,20). The van der Waals surface area contributed by atoms with Crippen molar-refractivity contribution in [3.05, 3.63) is 28.2 Å². The molecule has 2 rings (SSSR count). The van der Waals surface area contributed by atoms with Gasteiger partial charge in [0.1, 0.15) is 5.69 Å². The summed E-state index contributed by atoms with van der Waals surface area (Å²) in [4.78, 5) is 23.8. The molecule has 1 aliphatic rings. The molecule has 0 saturated heterocycles. The molecule has 0 spiro atoms. The summed E-state index contributed by atoms with van der Waals surface area (Å²) in [5.74, 6) is -0.183. The van der Waals surface area contributed by atoms with E-state index in [1.165, 1.54) is 16.8 Å². The predicted molar refractivity (Wildman–Crippen MR) is 77.7 cm³/mol. The van der Waals surface area contributed by atoms with Crippen molar-refractivity contribution in [1.29, 1.82) is 0 Å². The lowest BCUT2D eigenvalue weighted by atomic mass is 9.92. The van der Waals surface area contributed by atoms with E-state index in [9.17, 15) is 9.59 Å². The molecule has 1 fully saturated rings. The van der Waals surface area contributed by atoms with Gasteiger partial charge in [-0.25, -0.2) is 4.68 Å². The fourth-order valence-corrected chi connectivity index (χ4v) is 2.76. The lowest BCUT2D eigenvalue weighted by Gasteiger charge is -2.17. The molecule has 1 unspecified atom stereocenters. The van der Waals surface area contributed by atoms with Gasteiger partial charge in [-0.1, -0.05) is 20.8 Å². The summed E-state index contributed by atoms with van der Waals surface area (Å²) in [6, 6.07) is 3.13. The molecule has 1 aliphatic carbocycles. The topological polar surface area (TPSA) is 64.0 Å². The summed E-state index contributed by atoms with van der Waals surface area (Å²) in [6.45, 7) is 6.95.